The Morgan fingerprint density at radius 2 is 2.00 bits per heavy atom. The quantitative estimate of drug-likeness (QED) is 0.496. The third kappa shape index (κ3) is 6.19. The Morgan fingerprint density at radius 1 is 1.16 bits per heavy atom. The van der Waals surface area contributed by atoms with Gasteiger partial charge in [0, 0.05) is 50.5 Å². The van der Waals surface area contributed by atoms with Crippen molar-refractivity contribution in [3.63, 3.8) is 0 Å². The van der Waals surface area contributed by atoms with Crippen LogP contribution in [0, 0.1) is 0 Å². The zero-order valence-electron chi connectivity index (χ0n) is 18.5. The Bertz CT molecular complexity index is 788. The Balaban J connectivity index is 1.31. The molecule has 1 unspecified atom stereocenters. The monoisotopic (exact) mass is 425 g/mol. The van der Waals surface area contributed by atoms with Gasteiger partial charge in [0.25, 0.3) is 0 Å². The van der Waals surface area contributed by atoms with E-state index in [0.29, 0.717) is 12.1 Å². The van der Waals surface area contributed by atoms with Crippen molar-refractivity contribution in [2.75, 3.05) is 44.2 Å². The molecule has 2 aromatic rings. The van der Waals surface area contributed by atoms with E-state index in [9.17, 15) is 0 Å². The number of anilines is 1. The fourth-order valence-electron chi connectivity index (χ4n) is 4.50. The van der Waals surface area contributed by atoms with Crippen LogP contribution < -0.4 is 15.5 Å². The molecule has 2 fully saturated rings. The fourth-order valence-corrected chi connectivity index (χ4v) is 4.50. The number of hydrogen-bond acceptors (Lipinski definition) is 6. The highest BCUT2D eigenvalue weighted by Crippen LogP contribution is 2.17. The Labute approximate surface area is 185 Å². The number of nitrogens with zero attached hydrogens (tertiary/aromatic N) is 5. The molecule has 8 heteroatoms. The molecule has 4 rings (SSSR count). The number of guanidine groups is 1. The van der Waals surface area contributed by atoms with Crippen LogP contribution in [0.1, 0.15) is 38.4 Å². The molecule has 0 bridgehead atoms. The first-order valence-corrected chi connectivity index (χ1v) is 11.6. The van der Waals surface area contributed by atoms with Crippen molar-refractivity contribution < 1.29 is 4.42 Å². The van der Waals surface area contributed by atoms with E-state index >= 15 is 0 Å². The van der Waals surface area contributed by atoms with Crippen LogP contribution >= 0.6 is 0 Å². The highest BCUT2D eigenvalue weighted by molar-refractivity contribution is 5.80. The van der Waals surface area contributed by atoms with Crippen LogP contribution in [-0.2, 0) is 6.42 Å². The minimum Gasteiger partial charge on any atom is -0.469 e. The number of furan rings is 1. The molecule has 0 radical (unpaired) electrons. The van der Waals surface area contributed by atoms with Crippen LogP contribution in [0.3, 0.4) is 0 Å². The van der Waals surface area contributed by atoms with Crippen LogP contribution in [-0.4, -0.2) is 72.2 Å². The maximum Gasteiger partial charge on any atom is 0.225 e. The molecule has 168 valence electrons. The Kier molecular flexibility index (Phi) is 7.76. The summed E-state index contributed by atoms with van der Waals surface area (Å²) in [4.78, 5) is 18.6. The van der Waals surface area contributed by atoms with Crippen molar-refractivity contribution in [2.24, 2.45) is 4.99 Å². The van der Waals surface area contributed by atoms with Crippen molar-refractivity contribution in [3.8, 4) is 0 Å². The van der Waals surface area contributed by atoms with Gasteiger partial charge in [0.1, 0.15) is 5.76 Å². The summed E-state index contributed by atoms with van der Waals surface area (Å²) in [6, 6.07) is 6.78. The molecule has 2 aliphatic rings. The molecule has 2 aliphatic heterocycles. The van der Waals surface area contributed by atoms with Crippen LogP contribution in [0.25, 0.3) is 0 Å². The molecule has 2 N–H and O–H groups in total. The van der Waals surface area contributed by atoms with Gasteiger partial charge in [-0.1, -0.05) is 6.92 Å². The van der Waals surface area contributed by atoms with Gasteiger partial charge in [-0.25, -0.2) is 9.97 Å². The van der Waals surface area contributed by atoms with E-state index in [1.54, 1.807) is 6.26 Å². The number of rotatable bonds is 8. The molecule has 0 saturated carbocycles. The Hall–Kier alpha value is -2.61. The highest BCUT2D eigenvalue weighted by atomic mass is 16.3. The van der Waals surface area contributed by atoms with E-state index in [-0.39, 0.29) is 0 Å². The lowest BCUT2D eigenvalue weighted by atomic mass is 10.1. The number of likely N-dealkylation sites (tertiary alicyclic amines) is 1. The number of aromatic nitrogens is 2. The Morgan fingerprint density at radius 3 is 2.74 bits per heavy atom. The number of aliphatic imine (C=N–C) groups is 1. The fraction of sp³-hybridized carbons (Fsp3) is 0.609. The summed E-state index contributed by atoms with van der Waals surface area (Å²) in [6.45, 7) is 8.10. The zero-order chi connectivity index (χ0) is 21.3. The van der Waals surface area contributed by atoms with E-state index < -0.39 is 0 Å². The zero-order valence-corrected chi connectivity index (χ0v) is 18.5. The molecular formula is C23H35N7O. The maximum atomic E-state index is 5.46. The van der Waals surface area contributed by atoms with Crippen molar-refractivity contribution in [2.45, 2.75) is 51.1 Å². The number of nitrogens with one attached hydrogen (secondary N) is 2. The van der Waals surface area contributed by atoms with E-state index in [0.717, 1.165) is 69.7 Å². The summed E-state index contributed by atoms with van der Waals surface area (Å²) in [5, 5.41) is 7.21. The summed E-state index contributed by atoms with van der Waals surface area (Å²) in [5.74, 6) is 2.74. The molecule has 0 aliphatic carbocycles. The molecule has 31 heavy (non-hydrogen) atoms. The third-order valence-electron chi connectivity index (χ3n) is 6.28. The lowest BCUT2D eigenvalue weighted by molar-refractivity contribution is 0.272. The number of likely N-dealkylation sites (N-methyl/N-ethyl adjacent to an activating group) is 1. The van der Waals surface area contributed by atoms with Gasteiger partial charge in [0.05, 0.1) is 12.8 Å². The van der Waals surface area contributed by atoms with Crippen molar-refractivity contribution in [1.29, 1.82) is 0 Å². The summed E-state index contributed by atoms with van der Waals surface area (Å²) >= 11 is 0. The predicted octanol–water partition coefficient (Wildman–Crippen LogP) is 2.30. The minimum absolute atomic E-state index is 0.403. The second-order valence-electron chi connectivity index (χ2n) is 8.32. The lowest BCUT2D eigenvalue weighted by Crippen LogP contribution is -2.49. The van der Waals surface area contributed by atoms with Crippen LogP contribution in [0.5, 0.6) is 0 Å². The van der Waals surface area contributed by atoms with Gasteiger partial charge in [0.2, 0.25) is 5.95 Å². The summed E-state index contributed by atoms with van der Waals surface area (Å²) in [5.41, 5.74) is 0. The third-order valence-corrected chi connectivity index (χ3v) is 6.28. The summed E-state index contributed by atoms with van der Waals surface area (Å²) < 4.78 is 5.46. The largest absolute Gasteiger partial charge is 0.469 e. The molecule has 8 nitrogen and oxygen atoms in total. The van der Waals surface area contributed by atoms with E-state index in [1.165, 1.54) is 19.4 Å². The molecule has 0 aromatic carbocycles. The van der Waals surface area contributed by atoms with Crippen molar-refractivity contribution in [3.05, 3.63) is 42.6 Å². The molecule has 0 amide bonds. The summed E-state index contributed by atoms with van der Waals surface area (Å²) in [6.07, 6.45) is 10.8. The normalized spacial score (nSPS) is 20.9. The van der Waals surface area contributed by atoms with Crippen molar-refractivity contribution >= 4 is 11.9 Å². The minimum atomic E-state index is 0.403. The van der Waals surface area contributed by atoms with Crippen molar-refractivity contribution in [1.82, 2.24) is 25.5 Å². The topological polar surface area (TPSA) is 81.8 Å². The molecule has 1 atom stereocenters. The second-order valence-corrected chi connectivity index (χ2v) is 8.32. The van der Waals surface area contributed by atoms with Crippen LogP contribution in [0.15, 0.2) is 46.3 Å². The first-order chi connectivity index (χ1) is 15.3. The van der Waals surface area contributed by atoms with Gasteiger partial charge in [-0.05, 0) is 57.0 Å². The molecule has 2 saturated heterocycles. The van der Waals surface area contributed by atoms with Crippen LogP contribution in [0.2, 0.25) is 0 Å². The predicted molar refractivity (Wildman–Crippen MR) is 123 cm³/mol. The summed E-state index contributed by atoms with van der Waals surface area (Å²) in [7, 11) is 0. The van der Waals surface area contributed by atoms with E-state index in [4.69, 9.17) is 9.41 Å². The second kappa shape index (κ2) is 11.1. The van der Waals surface area contributed by atoms with Gasteiger partial charge >= 0.3 is 0 Å². The maximum absolute atomic E-state index is 5.46. The van der Waals surface area contributed by atoms with Gasteiger partial charge in [0.15, 0.2) is 5.96 Å². The van der Waals surface area contributed by atoms with Crippen LogP contribution in [0.4, 0.5) is 5.95 Å². The van der Waals surface area contributed by atoms with E-state index in [1.807, 2.05) is 30.6 Å². The molecular weight excluding hydrogens is 390 g/mol. The van der Waals surface area contributed by atoms with Gasteiger partial charge in [-0.3, -0.25) is 9.89 Å². The molecule has 0 spiro atoms. The molecule has 4 heterocycles. The highest BCUT2D eigenvalue weighted by Gasteiger charge is 2.24. The van der Waals surface area contributed by atoms with Gasteiger partial charge in [-0.2, -0.15) is 0 Å². The SMILES string of the molecule is CCN1CCCC1CN=C(NCCc1ccco1)NC1CCN(c2ncccn2)CC1. The average Bonchev–Trinajstić information content (AvgIpc) is 3.50. The molecule has 2 aromatic heterocycles. The first kappa shape index (κ1) is 21.6. The van der Waals surface area contributed by atoms with Gasteiger partial charge < -0.3 is 20.0 Å². The van der Waals surface area contributed by atoms with Gasteiger partial charge in [-0.15, -0.1) is 0 Å². The average molecular weight is 426 g/mol. The number of piperidine rings is 1. The lowest BCUT2D eigenvalue weighted by Gasteiger charge is -2.33. The van der Waals surface area contributed by atoms with E-state index in [2.05, 4.69) is 37.3 Å². The standard InChI is InChI=1S/C23H35N7O/c1-2-29-14-3-6-20(29)18-27-22(24-13-8-21-7-4-17-31-21)28-19-9-15-30(16-10-19)23-25-11-5-12-26-23/h4-5,7,11-12,17,19-20H,2-3,6,8-10,13-16,18H2,1H3,(H2,24,27,28). The number of hydrogen-bond donors (Lipinski definition) is 2. The first-order valence-electron chi connectivity index (χ1n) is 11.6. The smallest absolute Gasteiger partial charge is 0.225 e.